The molecule has 1 fully saturated rings. The largest absolute Gasteiger partial charge is 0.383 e. The fraction of sp³-hybridized carbons (Fsp3) is 0.455. The zero-order valence-electron chi connectivity index (χ0n) is 8.44. The van der Waals surface area contributed by atoms with Gasteiger partial charge in [-0.1, -0.05) is 0 Å². The Morgan fingerprint density at radius 3 is 3.33 bits per heavy atom. The van der Waals surface area contributed by atoms with Gasteiger partial charge in [-0.25, -0.2) is 0 Å². The molecule has 78 valence electrons. The minimum atomic E-state index is 0.625. The fourth-order valence-electron chi connectivity index (χ4n) is 1.67. The normalized spacial score (nSPS) is 19.8. The van der Waals surface area contributed by atoms with Crippen LogP contribution >= 0.6 is 11.8 Å². The molecule has 2 rings (SSSR count). The van der Waals surface area contributed by atoms with Crippen molar-refractivity contribution in [2.75, 3.05) is 17.6 Å². The Labute approximate surface area is 93.9 Å². The minimum absolute atomic E-state index is 0.625. The van der Waals surface area contributed by atoms with Crippen LogP contribution in [0.2, 0.25) is 0 Å². The quantitative estimate of drug-likeness (QED) is 0.847. The molecule has 1 N–H and O–H groups in total. The third kappa shape index (κ3) is 2.63. The highest BCUT2D eigenvalue weighted by molar-refractivity contribution is 8.00. The number of pyridine rings is 1. The van der Waals surface area contributed by atoms with Crippen LogP contribution in [0.4, 0.5) is 5.69 Å². The first kappa shape index (κ1) is 10.3. The summed E-state index contributed by atoms with van der Waals surface area (Å²) in [4.78, 5) is 3.93. The number of nitrogens with one attached hydrogen (secondary N) is 1. The summed E-state index contributed by atoms with van der Waals surface area (Å²) >= 11 is 2.01. The number of nitrogens with zero attached hydrogens (tertiary/aromatic N) is 2. The summed E-state index contributed by atoms with van der Waals surface area (Å²) in [6, 6.07) is 4.00. The first-order valence-electron chi connectivity index (χ1n) is 5.10. The van der Waals surface area contributed by atoms with E-state index in [1.165, 1.54) is 18.6 Å². The van der Waals surface area contributed by atoms with Gasteiger partial charge >= 0.3 is 0 Å². The fourth-order valence-corrected chi connectivity index (χ4v) is 2.87. The maximum absolute atomic E-state index is 8.88. The number of hydrogen-bond donors (Lipinski definition) is 1. The highest BCUT2D eigenvalue weighted by Crippen LogP contribution is 2.26. The molecule has 1 saturated heterocycles. The molecule has 0 aromatic carbocycles. The zero-order valence-corrected chi connectivity index (χ0v) is 9.26. The summed E-state index contributed by atoms with van der Waals surface area (Å²) in [7, 11) is 0. The molecule has 1 aliphatic rings. The Balaban J connectivity index is 1.95. The summed E-state index contributed by atoms with van der Waals surface area (Å²) in [6.07, 6.45) is 5.91. The molecule has 0 saturated carbocycles. The second kappa shape index (κ2) is 5.04. The lowest BCUT2D eigenvalue weighted by molar-refractivity contribution is 0.805. The smallest absolute Gasteiger partial charge is 0.103 e. The van der Waals surface area contributed by atoms with E-state index in [0.717, 1.165) is 12.2 Å². The van der Waals surface area contributed by atoms with E-state index >= 15 is 0 Å². The highest BCUT2D eigenvalue weighted by Gasteiger charge is 2.15. The van der Waals surface area contributed by atoms with Crippen molar-refractivity contribution in [1.29, 1.82) is 5.26 Å². The predicted octanol–water partition coefficient (Wildman–Crippen LogP) is 2.26. The van der Waals surface area contributed by atoms with Crippen LogP contribution in [0.3, 0.4) is 0 Å². The number of aromatic nitrogens is 1. The third-order valence-electron chi connectivity index (χ3n) is 2.49. The van der Waals surface area contributed by atoms with E-state index in [1.54, 1.807) is 12.4 Å². The van der Waals surface area contributed by atoms with Gasteiger partial charge < -0.3 is 5.32 Å². The van der Waals surface area contributed by atoms with Crippen LogP contribution in [0.1, 0.15) is 18.4 Å². The van der Waals surface area contributed by atoms with E-state index in [-0.39, 0.29) is 0 Å². The van der Waals surface area contributed by atoms with Gasteiger partial charge in [0.2, 0.25) is 0 Å². The van der Waals surface area contributed by atoms with Crippen LogP contribution in [-0.4, -0.2) is 22.5 Å². The van der Waals surface area contributed by atoms with Crippen LogP contribution in [0.15, 0.2) is 18.5 Å². The SMILES string of the molecule is N#Cc1cnccc1NCC1CCCS1. The number of anilines is 1. The van der Waals surface area contributed by atoms with Crippen molar-refractivity contribution in [3.63, 3.8) is 0 Å². The van der Waals surface area contributed by atoms with Gasteiger partial charge in [0.05, 0.1) is 11.3 Å². The van der Waals surface area contributed by atoms with Gasteiger partial charge in [-0.05, 0) is 24.7 Å². The van der Waals surface area contributed by atoms with Gasteiger partial charge in [-0.3, -0.25) is 4.98 Å². The van der Waals surface area contributed by atoms with Crippen LogP contribution in [-0.2, 0) is 0 Å². The third-order valence-corrected chi connectivity index (χ3v) is 3.88. The topological polar surface area (TPSA) is 48.7 Å². The Morgan fingerprint density at radius 2 is 2.60 bits per heavy atom. The molecular formula is C11H13N3S. The number of nitriles is 1. The molecule has 1 unspecified atom stereocenters. The molecule has 0 spiro atoms. The summed E-state index contributed by atoms with van der Waals surface area (Å²) < 4.78 is 0. The molecule has 0 bridgehead atoms. The lowest BCUT2D eigenvalue weighted by Gasteiger charge is -2.11. The summed E-state index contributed by atoms with van der Waals surface area (Å²) in [5.41, 5.74) is 1.53. The Bertz CT molecular complexity index is 366. The van der Waals surface area contributed by atoms with E-state index in [0.29, 0.717) is 10.8 Å². The first-order valence-corrected chi connectivity index (χ1v) is 6.14. The summed E-state index contributed by atoms with van der Waals surface area (Å²) in [6.45, 7) is 0.948. The summed E-state index contributed by atoms with van der Waals surface area (Å²) in [5, 5.41) is 12.9. The molecule has 1 aromatic rings. The molecule has 2 heterocycles. The van der Waals surface area contributed by atoms with Crippen LogP contribution in [0.5, 0.6) is 0 Å². The molecule has 1 atom stereocenters. The Hall–Kier alpha value is -1.21. The van der Waals surface area contributed by atoms with Crippen molar-refractivity contribution in [3.8, 4) is 6.07 Å². The lowest BCUT2D eigenvalue weighted by atomic mass is 10.2. The van der Waals surface area contributed by atoms with Gasteiger partial charge in [-0.15, -0.1) is 0 Å². The molecule has 4 heteroatoms. The molecular weight excluding hydrogens is 206 g/mol. The Morgan fingerprint density at radius 1 is 1.67 bits per heavy atom. The minimum Gasteiger partial charge on any atom is -0.383 e. The van der Waals surface area contributed by atoms with E-state index in [4.69, 9.17) is 5.26 Å². The highest BCUT2D eigenvalue weighted by atomic mass is 32.2. The van der Waals surface area contributed by atoms with Crippen molar-refractivity contribution in [1.82, 2.24) is 4.98 Å². The zero-order chi connectivity index (χ0) is 10.5. The molecule has 1 aliphatic heterocycles. The van der Waals surface area contributed by atoms with Crippen molar-refractivity contribution < 1.29 is 0 Å². The van der Waals surface area contributed by atoms with Gasteiger partial charge in [0.1, 0.15) is 6.07 Å². The van der Waals surface area contributed by atoms with Crippen molar-refractivity contribution >= 4 is 17.4 Å². The maximum atomic E-state index is 8.88. The predicted molar refractivity (Wildman–Crippen MR) is 62.9 cm³/mol. The maximum Gasteiger partial charge on any atom is 0.103 e. The average Bonchev–Trinajstić information content (AvgIpc) is 2.79. The molecule has 0 radical (unpaired) electrons. The first-order chi connectivity index (χ1) is 7.40. The average molecular weight is 219 g/mol. The molecule has 0 amide bonds. The monoisotopic (exact) mass is 219 g/mol. The van der Waals surface area contributed by atoms with E-state index < -0.39 is 0 Å². The van der Waals surface area contributed by atoms with Crippen LogP contribution < -0.4 is 5.32 Å². The molecule has 0 aliphatic carbocycles. The van der Waals surface area contributed by atoms with Crippen LogP contribution in [0, 0.1) is 11.3 Å². The van der Waals surface area contributed by atoms with Gasteiger partial charge in [-0.2, -0.15) is 17.0 Å². The van der Waals surface area contributed by atoms with E-state index in [1.807, 2.05) is 17.8 Å². The number of thioether (sulfide) groups is 1. The van der Waals surface area contributed by atoms with E-state index in [2.05, 4.69) is 16.4 Å². The standard InChI is InChI=1S/C11H13N3S/c12-6-9-7-13-4-3-11(9)14-8-10-2-1-5-15-10/h3-4,7,10H,1-2,5,8H2,(H,13,14). The second-order valence-corrected chi connectivity index (χ2v) is 4.96. The molecule has 3 nitrogen and oxygen atoms in total. The van der Waals surface area contributed by atoms with Crippen molar-refractivity contribution in [3.05, 3.63) is 24.0 Å². The number of rotatable bonds is 3. The van der Waals surface area contributed by atoms with Gasteiger partial charge in [0.15, 0.2) is 0 Å². The van der Waals surface area contributed by atoms with E-state index in [9.17, 15) is 0 Å². The van der Waals surface area contributed by atoms with Crippen molar-refractivity contribution in [2.45, 2.75) is 18.1 Å². The second-order valence-electron chi connectivity index (χ2n) is 3.55. The summed E-state index contributed by atoms with van der Waals surface area (Å²) in [5.74, 6) is 1.27. The van der Waals surface area contributed by atoms with Gasteiger partial charge in [0.25, 0.3) is 0 Å². The van der Waals surface area contributed by atoms with Crippen LogP contribution in [0.25, 0.3) is 0 Å². The van der Waals surface area contributed by atoms with Gasteiger partial charge in [0, 0.05) is 24.2 Å². The number of hydrogen-bond acceptors (Lipinski definition) is 4. The Kier molecular flexibility index (Phi) is 3.46. The molecule has 1 aromatic heterocycles. The molecule has 15 heavy (non-hydrogen) atoms. The lowest BCUT2D eigenvalue weighted by Crippen LogP contribution is -2.14. The van der Waals surface area contributed by atoms with Crippen molar-refractivity contribution in [2.24, 2.45) is 0 Å².